The van der Waals surface area contributed by atoms with Crippen LogP contribution >= 0.6 is 0 Å². The maximum atomic E-state index is 6.51. The van der Waals surface area contributed by atoms with Crippen LogP contribution in [0.5, 0.6) is 0 Å². The fourth-order valence-electron chi connectivity index (χ4n) is 9.62. The van der Waals surface area contributed by atoms with E-state index in [9.17, 15) is 0 Å². The van der Waals surface area contributed by atoms with Gasteiger partial charge >= 0.3 is 0 Å². The average molecular weight is 676 g/mol. The van der Waals surface area contributed by atoms with E-state index in [4.69, 9.17) is 4.42 Å². The highest BCUT2D eigenvalue weighted by atomic mass is 16.3. The first kappa shape index (κ1) is 31.5. The van der Waals surface area contributed by atoms with Crippen molar-refractivity contribution in [3.8, 4) is 11.1 Å². The summed E-state index contributed by atoms with van der Waals surface area (Å²) in [5, 5.41) is 6.27. The molecular weight excluding hydrogens is 631 g/mol. The van der Waals surface area contributed by atoms with Crippen molar-refractivity contribution in [3.05, 3.63) is 137 Å². The first-order valence-electron chi connectivity index (χ1n) is 18.8. The minimum Gasteiger partial charge on any atom is -0.456 e. The van der Waals surface area contributed by atoms with Crippen LogP contribution in [0.15, 0.2) is 114 Å². The molecule has 4 heteroatoms. The average Bonchev–Trinajstić information content (AvgIpc) is 3.51. The van der Waals surface area contributed by atoms with Crippen molar-refractivity contribution in [1.82, 2.24) is 0 Å². The zero-order chi connectivity index (χ0) is 35.7. The topological polar surface area (TPSA) is 28.4 Å². The quantitative estimate of drug-likeness (QED) is 0.189. The van der Waals surface area contributed by atoms with E-state index in [1.807, 2.05) is 0 Å². The molecule has 1 aliphatic carbocycles. The highest BCUT2D eigenvalue weighted by Crippen LogP contribution is 2.53. The van der Waals surface area contributed by atoms with Crippen LogP contribution in [0.1, 0.15) is 82.2 Å². The molecule has 1 radical (unpaired) electrons. The van der Waals surface area contributed by atoms with Crippen LogP contribution in [-0.2, 0) is 16.2 Å². The third kappa shape index (κ3) is 4.39. The van der Waals surface area contributed by atoms with Gasteiger partial charge in [0, 0.05) is 33.4 Å². The van der Waals surface area contributed by atoms with Crippen LogP contribution in [0.3, 0.4) is 0 Å². The van der Waals surface area contributed by atoms with Crippen molar-refractivity contribution < 1.29 is 4.42 Å². The number of para-hydroxylation sites is 3. The van der Waals surface area contributed by atoms with Gasteiger partial charge in [-0.15, -0.1) is 0 Å². The number of hydrogen-bond donors (Lipinski definition) is 1. The van der Waals surface area contributed by atoms with E-state index in [0.29, 0.717) is 0 Å². The largest absolute Gasteiger partial charge is 0.456 e. The van der Waals surface area contributed by atoms with Gasteiger partial charge in [-0.1, -0.05) is 114 Å². The van der Waals surface area contributed by atoms with Gasteiger partial charge in [-0.05, 0) is 112 Å². The van der Waals surface area contributed by atoms with Crippen LogP contribution < -0.4 is 21.1 Å². The predicted octanol–water partition coefficient (Wildman–Crippen LogP) is 11.7. The summed E-state index contributed by atoms with van der Waals surface area (Å²) in [7, 11) is 2.43. The van der Waals surface area contributed by atoms with Crippen LogP contribution in [0.4, 0.5) is 28.4 Å². The number of hydrogen-bond acceptors (Lipinski definition) is 3. The summed E-state index contributed by atoms with van der Waals surface area (Å²) in [5.74, 6) is 0. The van der Waals surface area contributed by atoms with Gasteiger partial charge in [0.05, 0.1) is 16.8 Å². The number of aryl methyl sites for hydroxylation is 1. The Labute approximate surface area is 307 Å². The number of nitrogens with zero attached hydrogens (tertiary/aromatic N) is 1. The lowest BCUT2D eigenvalue weighted by Crippen LogP contribution is -2.45. The van der Waals surface area contributed by atoms with Crippen LogP contribution in [0.2, 0.25) is 0 Å². The molecule has 0 fully saturated rings. The molecule has 3 heterocycles. The fraction of sp³-hybridized carbons (Fsp3) is 0.250. The van der Waals surface area contributed by atoms with Gasteiger partial charge in [-0.2, -0.15) is 0 Å². The van der Waals surface area contributed by atoms with Crippen LogP contribution in [-0.4, -0.2) is 7.28 Å². The Balaban J connectivity index is 1.23. The minimum absolute atomic E-state index is 0.107. The summed E-state index contributed by atoms with van der Waals surface area (Å²) in [5.41, 5.74) is 19.6. The zero-order valence-corrected chi connectivity index (χ0v) is 31.2. The van der Waals surface area contributed by atoms with Crippen molar-refractivity contribution in [2.75, 3.05) is 10.2 Å². The van der Waals surface area contributed by atoms with E-state index in [1.165, 1.54) is 74.2 Å². The third-order valence-corrected chi connectivity index (χ3v) is 12.6. The van der Waals surface area contributed by atoms with Crippen molar-refractivity contribution in [1.29, 1.82) is 0 Å². The Bertz CT molecular complexity index is 2640. The zero-order valence-electron chi connectivity index (χ0n) is 31.2. The number of rotatable bonds is 3. The molecule has 0 unspecified atom stereocenters. The fourth-order valence-corrected chi connectivity index (χ4v) is 9.62. The lowest BCUT2D eigenvalue weighted by atomic mass is 9.56. The summed E-state index contributed by atoms with van der Waals surface area (Å²) >= 11 is 0. The van der Waals surface area contributed by atoms with Crippen molar-refractivity contribution >= 4 is 68.6 Å². The molecule has 0 saturated carbocycles. The van der Waals surface area contributed by atoms with Gasteiger partial charge in [-0.3, -0.25) is 0 Å². The SMILES string of the molecule is Cc1cc(-c2ccc3oc4ccccc4c3c2Nc2ccc3c(c2)C(C)(C)CCC3(C)C)c2c(c1)N1c3ccccc3C(C)(C)c3cccc(c31)[B]2. The maximum Gasteiger partial charge on any atom is 0.197 e. The maximum absolute atomic E-state index is 6.51. The number of nitrogens with one attached hydrogen (secondary N) is 1. The monoisotopic (exact) mass is 675 g/mol. The van der Waals surface area contributed by atoms with Crippen molar-refractivity contribution in [2.45, 2.75) is 77.6 Å². The molecule has 0 bridgehead atoms. The van der Waals surface area contributed by atoms with Gasteiger partial charge in [0.1, 0.15) is 11.2 Å². The molecule has 7 aromatic rings. The van der Waals surface area contributed by atoms with E-state index in [2.05, 4.69) is 175 Å². The number of furan rings is 1. The molecule has 3 aliphatic rings. The molecule has 1 aromatic heterocycles. The van der Waals surface area contributed by atoms with Crippen LogP contribution in [0.25, 0.3) is 33.1 Å². The van der Waals surface area contributed by atoms with E-state index < -0.39 is 0 Å². The standard InChI is InChI=1S/C48H44BN2O/c1-28-25-32(43-39(26-28)51-38-17-10-9-14-34(38)48(6,7)35-15-12-16-37(49-43)45(35)51)30-20-22-41-42(31-13-8-11-18-40(31)52-41)44(30)50-29-19-21-33-36(27-29)47(4,5)24-23-46(33,2)3/h8-22,25-27,50H,23-24H2,1-7H3. The molecule has 3 nitrogen and oxygen atoms in total. The lowest BCUT2D eigenvalue weighted by Gasteiger charge is -2.46. The Hall–Kier alpha value is -5.22. The summed E-state index contributed by atoms with van der Waals surface area (Å²) in [6.45, 7) is 16.5. The molecule has 0 atom stereocenters. The second kappa shape index (κ2) is 10.7. The Morgan fingerprint density at radius 1 is 0.635 bits per heavy atom. The predicted molar refractivity (Wildman–Crippen MR) is 221 cm³/mol. The molecule has 1 N–H and O–H groups in total. The first-order chi connectivity index (χ1) is 24.9. The third-order valence-electron chi connectivity index (χ3n) is 12.6. The highest BCUT2D eigenvalue weighted by Gasteiger charge is 2.41. The molecule has 255 valence electrons. The van der Waals surface area contributed by atoms with E-state index >= 15 is 0 Å². The smallest absolute Gasteiger partial charge is 0.197 e. The van der Waals surface area contributed by atoms with Crippen molar-refractivity contribution in [2.24, 2.45) is 0 Å². The Morgan fingerprint density at radius 3 is 2.23 bits per heavy atom. The molecule has 0 saturated heterocycles. The number of benzene rings is 6. The van der Waals surface area contributed by atoms with E-state index in [0.717, 1.165) is 38.9 Å². The summed E-state index contributed by atoms with van der Waals surface area (Å²) in [4.78, 5) is 2.53. The Kier molecular flexibility index (Phi) is 6.46. The molecule has 52 heavy (non-hydrogen) atoms. The summed E-state index contributed by atoms with van der Waals surface area (Å²) in [6, 6.07) is 40.5. The molecule has 0 amide bonds. The van der Waals surface area contributed by atoms with Gasteiger partial charge in [-0.25, -0.2) is 0 Å². The Morgan fingerprint density at radius 2 is 1.38 bits per heavy atom. The van der Waals surface area contributed by atoms with E-state index in [1.54, 1.807) is 0 Å². The second-order valence-electron chi connectivity index (χ2n) is 17.2. The molecular formula is C48H44BN2O. The number of anilines is 5. The van der Waals surface area contributed by atoms with Gasteiger partial charge in [0.2, 0.25) is 0 Å². The van der Waals surface area contributed by atoms with Crippen LogP contribution in [0, 0.1) is 6.92 Å². The first-order valence-corrected chi connectivity index (χ1v) is 18.8. The normalized spacial score (nSPS) is 17.2. The molecule has 2 aliphatic heterocycles. The van der Waals surface area contributed by atoms with Crippen molar-refractivity contribution in [3.63, 3.8) is 0 Å². The van der Waals surface area contributed by atoms with Gasteiger partial charge in [0.25, 0.3) is 0 Å². The molecule has 6 aromatic carbocycles. The lowest BCUT2D eigenvalue weighted by molar-refractivity contribution is 0.332. The highest BCUT2D eigenvalue weighted by molar-refractivity contribution is 6.73. The molecule has 0 spiro atoms. The van der Waals surface area contributed by atoms with Gasteiger partial charge < -0.3 is 14.6 Å². The molecule has 10 rings (SSSR count). The second-order valence-corrected chi connectivity index (χ2v) is 17.2. The minimum atomic E-state index is -0.112. The summed E-state index contributed by atoms with van der Waals surface area (Å²) in [6.07, 6.45) is 2.37. The van der Waals surface area contributed by atoms with E-state index in [-0.39, 0.29) is 16.2 Å². The number of fused-ring (bicyclic) bond motifs is 8. The summed E-state index contributed by atoms with van der Waals surface area (Å²) < 4.78 is 6.51. The van der Waals surface area contributed by atoms with Gasteiger partial charge in [0.15, 0.2) is 7.28 Å².